The molecule has 7 nitrogen and oxygen atoms in total. The molecule has 1 aromatic carbocycles. The fourth-order valence-electron chi connectivity index (χ4n) is 3.46. The van der Waals surface area contributed by atoms with Crippen molar-refractivity contribution in [3.8, 4) is 0 Å². The Kier molecular flexibility index (Phi) is 5.58. The lowest BCUT2D eigenvalue weighted by Crippen LogP contribution is -2.49. The van der Waals surface area contributed by atoms with Crippen molar-refractivity contribution in [1.29, 1.82) is 0 Å². The molecule has 0 bridgehead atoms. The van der Waals surface area contributed by atoms with Gasteiger partial charge in [0.25, 0.3) is 0 Å². The van der Waals surface area contributed by atoms with Gasteiger partial charge >= 0.3 is 12.0 Å². The van der Waals surface area contributed by atoms with Crippen molar-refractivity contribution in [2.45, 2.75) is 19.9 Å². The zero-order valence-electron chi connectivity index (χ0n) is 15.4. The van der Waals surface area contributed by atoms with Gasteiger partial charge in [0.15, 0.2) is 0 Å². The summed E-state index contributed by atoms with van der Waals surface area (Å²) < 4.78 is 10.4. The number of morpholine rings is 1. The fourth-order valence-corrected chi connectivity index (χ4v) is 3.46. The highest BCUT2D eigenvalue weighted by Gasteiger charge is 2.34. The quantitative estimate of drug-likeness (QED) is 0.795. The van der Waals surface area contributed by atoms with Crippen LogP contribution in [0.5, 0.6) is 0 Å². The molecule has 1 saturated heterocycles. The molecule has 0 spiro atoms. The first-order valence-corrected chi connectivity index (χ1v) is 8.75. The first kappa shape index (κ1) is 18.4. The van der Waals surface area contributed by atoms with E-state index in [2.05, 4.69) is 15.5 Å². The highest BCUT2D eigenvalue weighted by Crippen LogP contribution is 2.30. The van der Waals surface area contributed by atoms with Gasteiger partial charge in [-0.1, -0.05) is 23.8 Å². The number of benzene rings is 1. The Morgan fingerprint density at radius 3 is 2.69 bits per heavy atom. The minimum absolute atomic E-state index is 0.314. The van der Waals surface area contributed by atoms with Crippen LogP contribution in [0.1, 0.15) is 22.7 Å². The number of methoxy groups -OCH3 is 1. The Labute approximate surface area is 153 Å². The molecule has 7 heteroatoms. The van der Waals surface area contributed by atoms with Gasteiger partial charge in [-0.25, -0.2) is 9.59 Å². The van der Waals surface area contributed by atoms with E-state index in [9.17, 15) is 9.59 Å². The van der Waals surface area contributed by atoms with Crippen molar-refractivity contribution in [3.63, 3.8) is 0 Å². The minimum atomic E-state index is -0.534. The second kappa shape index (κ2) is 7.88. The van der Waals surface area contributed by atoms with Crippen molar-refractivity contribution in [2.24, 2.45) is 0 Å². The Morgan fingerprint density at radius 1 is 1.31 bits per heavy atom. The molecular formula is C19H25N3O4. The molecule has 2 N–H and O–H groups in total. The molecule has 3 rings (SSSR count). The van der Waals surface area contributed by atoms with Crippen LogP contribution < -0.4 is 10.6 Å². The number of hydrogen-bond acceptors (Lipinski definition) is 5. The largest absolute Gasteiger partial charge is 0.466 e. The molecule has 0 saturated carbocycles. The highest BCUT2D eigenvalue weighted by atomic mass is 16.5. The summed E-state index contributed by atoms with van der Waals surface area (Å²) in [5.74, 6) is -0.439. The van der Waals surface area contributed by atoms with Crippen LogP contribution in [0.2, 0.25) is 0 Å². The molecule has 0 radical (unpaired) electrons. The van der Waals surface area contributed by atoms with Crippen molar-refractivity contribution < 1.29 is 19.1 Å². The summed E-state index contributed by atoms with van der Waals surface area (Å²) in [7, 11) is 1.36. The van der Waals surface area contributed by atoms with Gasteiger partial charge in [-0.3, -0.25) is 4.90 Å². The second-order valence-corrected chi connectivity index (χ2v) is 6.66. The maximum Gasteiger partial charge on any atom is 0.338 e. The minimum Gasteiger partial charge on any atom is -0.466 e. The molecule has 140 valence electrons. The third-order valence-corrected chi connectivity index (χ3v) is 4.78. The van der Waals surface area contributed by atoms with Crippen molar-refractivity contribution >= 4 is 12.0 Å². The van der Waals surface area contributed by atoms with Gasteiger partial charge in [0.2, 0.25) is 0 Å². The molecule has 1 fully saturated rings. The molecule has 1 aromatic rings. The van der Waals surface area contributed by atoms with Crippen LogP contribution in [-0.2, 0) is 14.3 Å². The smallest absolute Gasteiger partial charge is 0.338 e. The monoisotopic (exact) mass is 359 g/mol. The summed E-state index contributed by atoms with van der Waals surface area (Å²) in [6, 6.07) is 5.13. The highest BCUT2D eigenvalue weighted by molar-refractivity contribution is 5.95. The van der Waals surface area contributed by atoms with Crippen LogP contribution in [0.3, 0.4) is 0 Å². The van der Waals surface area contributed by atoms with E-state index in [0.29, 0.717) is 31.0 Å². The lowest BCUT2D eigenvalue weighted by Gasteiger charge is -2.33. The average Bonchev–Trinajstić information content (AvgIpc) is 2.61. The van der Waals surface area contributed by atoms with E-state index in [0.717, 1.165) is 29.8 Å². The number of nitrogens with zero attached hydrogens (tertiary/aromatic N) is 1. The number of aryl methyl sites for hydroxylation is 2. The number of urea groups is 1. The third kappa shape index (κ3) is 3.89. The average molecular weight is 359 g/mol. The van der Waals surface area contributed by atoms with Crippen LogP contribution in [0.25, 0.3) is 0 Å². The number of amides is 2. The summed E-state index contributed by atoms with van der Waals surface area (Å²) in [5.41, 5.74) is 4.08. The number of esters is 1. The van der Waals surface area contributed by atoms with Gasteiger partial charge in [-0.15, -0.1) is 0 Å². The Balaban J connectivity index is 2.01. The SMILES string of the molecule is COC(=O)C1=C(CN2CCOCC2)NC(=O)N[C@@H]1c1ccc(C)cc1C. The summed E-state index contributed by atoms with van der Waals surface area (Å²) in [6.45, 7) is 7.28. The molecule has 0 aliphatic carbocycles. The van der Waals surface area contributed by atoms with Gasteiger partial charge in [-0.05, 0) is 25.0 Å². The number of nitrogens with one attached hydrogen (secondary N) is 2. The molecule has 0 unspecified atom stereocenters. The Bertz CT molecular complexity index is 738. The van der Waals surface area contributed by atoms with Crippen LogP contribution in [0.4, 0.5) is 4.79 Å². The van der Waals surface area contributed by atoms with Crippen molar-refractivity contribution in [3.05, 3.63) is 46.2 Å². The zero-order valence-corrected chi connectivity index (χ0v) is 15.4. The van der Waals surface area contributed by atoms with E-state index in [1.807, 2.05) is 32.0 Å². The maximum absolute atomic E-state index is 12.6. The van der Waals surface area contributed by atoms with Crippen molar-refractivity contribution in [2.75, 3.05) is 40.0 Å². The number of rotatable bonds is 4. The second-order valence-electron chi connectivity index (χ2n) is 6.66. The van der Waals surface area contributed by atoms with Gasteiger partial charge < -0.3 is 20.1 Å². The third-order valence-electron chi connectivity index (χ3n) is 4.78. The molecule has 26 heavy (non-hydrogen) atoms. The number of carbonyl (C=O) groups excluding carboxylic acids is 2. The number of ether oxygens (including phenoxy) is 2. The summed E-state index contributed by atoms with van der Waals surface area (Å²) in [4.78, 5) is 27.0. The summed E-state index contributed by atoms with van der Waals surface area (Å²) in [6.07, 6.45) is 0. The van der Waals surface area contributed by atoms with E-state index >= 15 is 0 Å². The molecular weight excluding hydrogens is 334 g/mol. The summed E-state index contributed by atoms with van der Waals surface area (Å²) in [5, 5.41) is 5.68. The van der Waals surface area contributed by atoms with E-state index < -0.39 is 12.0 Å². The molecule has 2 amide bonds. The molecule has 2 aliphatic heterocycles. The zero-order chi connectivity index (χ0) is 18.7. The van der Waals surface area contributed by atoms with E-state index in [-0.39, 0.29) is 6.03 Å². The topological polar surface area (TPSA) is 79.9 Å². The van der Waals surface area contributed by atoms with Gasteiger partial charge in [0.05, 0.1) is 31.9 Å². The fraction of sp³-hybridized carbons (Fsp3) is 0.474. The molecule has 2 aliphatic rings. The van der Waals surface area contributed by atoms with E-state index in [1.165, 1.54) is 7.11 Å². The normalized spacial score (nSPS) is 21.2. The lowest BCUT2D eigenvalue weighted by molar-refractivity contribution is -0.136. The number of carbonyl (C=O) groups is 2. The first-order valence-electron chi connectivity index (χ1n) is 8.75. The predicted molar refractivity (Wildman–Crippen MR) is 96.6 cm³/mol. The van der Waals surface area contributed by atoms with Gasteiger partial charge in [-0.2, -0.15) is 0 Å². The van der Waals surface area contributed by atoms with Crippen molar-refractivity contribution in [1.82, 2.24) is 15.5 Å². The van der Waals surface area contributed by atoms with Crippen LogP contribution >= 0.6 is 0 Å². The van der Waals surface area contributed by atoms with Crippen LogP contribution in [0, 0.1) is 13.8 Å². The predicted octanol–water partition coefficient (Wildman–Crippen LogP) is 1.42. The van der Waals surface area contributed by atoms with Crippen LogP contribution in [0.15, 0.2) is 29.5 Å². The molecule has 0 aromatic heterocycles. The van der Waals surface area contributed by atoms with Crippen LogP contribution in [-0.4, -0.2) is 56.9 Å². The van der Waals surface area contributed by atoms with E-state index in [4.69, 9.17) is 9.47 Å². The first-order chi connectivity index (χ1) is 12.5. The maximum atomic E-state index is 12.6. The number of hydrogen-bond donors (Lipinski definition) is 2. The summed E-state index contributed by atoms with van der Waals surface area (Å²) >= 11 is 0. The Morgan fingerprint density at radius 2 is 2.04 bits per heavy atom. The Hall–Kier alpha value is -2.38. The van der Waals surface area contributed by atoms with E-state index in [1.54, 1.807) is 0 Å². The molecule has 1 atom stereocenters. The standard InChI is InChI=1S/C19H25N3O4/c1-12-4-5-14(13(2)10-12)17-16(18(23)25-3)15(20-19(24)21-17)11-22-6-8-26-9-7-22/h4-5,10,17H,6-9,11H2,1-3H3,(H2,20,21,24)/t17-/m1/s1. The lowest BCUT2D eigenvalue weighted by atomic mass is 9.91. The van der Waals surface area contributed by atoms with Gasteiger partial charge in [0.1, 0.15) is 0 Å². The molecule has 2 heterocycles. The van der Waals surface area contributed by atoms with Gasteiger partial charge in [0, 0.05) is 25.3 Å².